The molecule has 6 heteroatoms. The summed E-state index contributed by atoms with van der Waals surface area (Å²) in [6.45, 7) is 5.59. The fourth-order valence-electron chi connectivity index (χ4n) is 2.23. The molecule has 1 amide bonds. The van der Waals surface area contributed by atoms with Gasteiger partial charge in [-0.1, -0.05) is 13.3 Å². The second-order valence-corrected chi connectivity index (χ2v) is 4.90. The van der Waals surface area contributed by atoms with Crippen LogP contribution in [0.1, 0.15) is 26.2 Å². The van der Waals surface area contributed by atoms with E-state index in [1.54, 1.807) is 7.11 Å². The molecule has 1 aliphatic heterocycles. The van der Waals surface area contributed by atoms with Crippen LogP contribution in [0.4, 0.5) is 0 Å². The number of methoxy groups -OCH3 is 1. The predicted molar refractivity (Wildman–Crippen MR) is 77.5 cm³/mol. The number of ether oxygens (including phenoxy) is 2. The molecule has 1 rings (SSSR count). The van der Waals surface area contributed by atoms with Crippen molar-refractivity contribution < 1.29 is 14.3 Å². The van der Waals surface area contributed by atoms with E-state index in [9.17, 15) is 4.79 Å². The zero-order valence-corrected chi connectivity index (χ0v) is 12.8. The Morgan fingerprint density at radius 2 is 2.21 bits per heavy atom. The molecule has 0 aromatic carbocycles. The second kappa shape index (κ2) is 10.4. The SMILES string of the molecule is CCCC(N)C(=O)N1CCC(COCCOC)C1.Cl. The van der Waals surface area contributed by atoms with Crippen molar-refractivity contribution in [1.82, 2.24) is 4.90 Å². The first-order valence-corrected chi connectivity index (χ1v) is 6.80. The summed E-state index contributed by atoms with van der Waals surface area (Å²) in [7, 11) is 1.66. The van der Waals surface area contributed by atoms with Gasteiger partial charge in [0, 0.05) is 26.1 Å². The molecule has 1 saturated heterocycles. The first kappa shape index (κ1) is 18.6. The molecular weight excluding hydrogens is 268 g/mol. The highest BCUT2D eigenvalue weighted by Gasteiger charge is 2.28. The summed E-state index contributed by atoms with van der Waals surface area (Å²) >= 11 is 0. The number of hydrogen-bond donors (Lipinski definition) is 1. The summed E-state index contributed by atoms with van der Waals surface area (Å²) in [6.07, 6.45) is 2.73. The number of nitrogens with two attached hydrogens (primary N) is 1. The van der Waals surface area contributed by atoms with Crippen molar-refractivity contribution in [3.63, 3.8) is 0 Å². The first-order chi connectivity index (χ1) is 8.69. The van der Waals surface area contributed by atoms with Crippen molar-refractivity contribution in [2.24, 2.45) is 11.7 Å². The number of likely N-dealkylation sites (tertiary alicyclic amines) is 1. The van der Waals surface area contributed by atoms with E-state index < -0.39 is 0 Å². The third-order valence-corrected chi connectivity index (χ3v) is 3.30. The third-order valence-electron chi connectivity index (χ3n) is 3.30. The first-order valence-electron chi connectivity index (χ1n) is 6.80. The lowest BCUT2D eigenvalue weighted by Gasteiger charge is -2.20. The van der Waals surface area contributed by atoms with Gasteiger partial charge in [0.1, 0.15) is 0 Å². The van der Waals surface area contributed by atoms with Gasteiger partial charge in [-0.2, -0.15) is 0 Å². The van der Waals surface area contributed by atoms with E-state index in [2.05, 4.69) is 0 Å². The molecule has 0 aliphatic carbocycles. The Kier molecular flexibility index (Phi) is 10.2. The maximum Gasteiger partial charge on any atom is 0.239 e. The molecule has 0 bridgehead atoms. The van der Waals surface area contributed by atoms with Gasteiger partial charge < -0.3 is 20.1 Å². The lowest BCUT2D eigenvalue weighted by Crippen LogP contribution is -2.42. The summed E-state index contributed by atoms with van der Waals surface area (Å²) in [4.78, 5) is 13.9. The minimum absolute atomic E-state index is 0. The van der Waals surface area contributed by atoms with E-state index >= 15 is 0 Å². The van der Waals surface area contributed by atoms with Crippen LogP contribution in [-0.2, 0) is 14.3 Å². The summed E-state index contributed by atoms with van der Waals surface area (Å²) in [5.74, 6) is 0.538. The maximum atomic E-state index is 12.0. The van der Waals surface area contributed by atoms with Gasteiger partial charge in [-0.15, -0.1) is 12.4 Å². The molecule has 2 atom stereocenters. The van der Waals surface area contributed by atoms with E-state index in [1.165, 1.54) is 0 Å². The van der Waals surface area contributed by atoms with Crippen molar-refractivity contribution >= 4 is 18.3 Å². The molecule has 19 heavy (non-hydrogen) atoms. The van der Waals surface area contributed by atoms with E-state index in [-0.39, 0.29) is 24.4 Å². The Balaban J connectivity index is 0.00000324. The van der Waals surface area contributed by atoms with Crippen molar-refractivity contribution in [3.8, 4) is 0 Å². The van der Waals surface area contributed by atoms with E-state index in [4.69, 9.17) is 15.2 Å². The molecule has 0 saturated carbocycles. The van der Waals surface area contributed by atoms with Gasteiger partial charge in [-0.05, 0) is 12.8 Å². The van der Waals surface area contributed by atoms with Crippen LogP contribution in [0.3, 0.4) is 0 Å². The maximum absolute atomic E-state index is 12.0. The standard InChI is InChI=1S/C13H26N2O3.ClH/c1-3-4-12(14)13(16)15-6-5-11(9-15)10-18-8-7-17-2;/h11-12H,3-10,14H2,1-2H3;1H. The Morgan fingerprint density at radius 1 is 1.47 bits per heavy atom. The summed E-state index contributed by atoms with van der Waals surface area (Å²) in [5, 5.41) is 0. The molecule has 5 nitrogen and oxygen atoms in total. The minimum Gasteiger partial charge on any atom is -0.382 e. The van der Waals surface area contributed by atoms with Gasteiger partial charge in [-0.25, -0.2) is 0 Å². The summed E-state index contributed by atoms with van der Waals surface area (Å²) in [6, 6.07) is -0.330. The van der Waals surface area contributed by atoms with Gasteiger partial charge in [0.05, 0.1) is 25.9 Å². The largest absolute Gasteiger partial charge is 0.382 e. The fourth-order valence-corrected chi connectivity index (χ4v) is 2.23. The van der Waals surface area contributed by atoms with Gasteiger partial charge in [-0.3, -0.25) is 4.79 Å². The molecule has 2 N–H and O–H groups in total. The van der Waals surface area contributed by atoms with Crippen molar-refractivity contribution in [2.75, 3.05) is 40.0 Å². The molecule has 2 unspecified atom stereocenters. The predicted octanol–water partition coefficient (Wildman–Crippen LogP) is 1.05. The lowest BCUT2D eigenvalue weighted by molar-refractivity contribution is -0.131. The molecule has 1 fully saturated rings. The van der Waals surface area contributed by atoms with Crippen LogP contribution < -0.4 is 5.73 Å². The topological polar surface area (TPSA) is 64.8 Å². The van der Waals surface area contributed by atoms with Crippen LogP contribution in [-0.4, -0.2) is 56.9 Å². The van der Waals surface area contributed by atoms with Gasteiger partial charge >= 0.3 is 0 Å². The summed E-state index contributed by atoms with van der Waals surface area (Å²) < 4.78 is 10.4. The fraction of sp³-hybridized carbons (Fsp3) is 0.923. The van der Waals surface area contributed by atoms with Gasteiger partial charge in [0.15, 0.2) is 0 Å². The van der Waals surface area contributed by atoms with Crippen molar-refractivity contribution in [2.45, 2.75) is 32.2 Å². The van der Waals surface area contributed by atoms with E-state index in [0.717, 1.165) is 32.4 Å². The number of carbonyl (C=O) groups is 1. The third kappa shape index (κ3) is 6.56. The monoisotopic (exact) mass is 294 g/mol. The molecule has 0 aromatic rings. The molecule has 0 radical (unpaired) electrons. The highest BCUT2D eigenvalue weighted by molar-refractivity contribution is 5.85. The zero-order chi connectivity index (χ0) is 13.4. The number of nitrogens with zero attached hydrogens (tertiary/aromatic N) is 1. The average Bonchev–Trinajstić information content (AvgIpc) is 2.83. The van der Waals surface area contributed by atoms with Crippen molar-refractivity contribution in [1.29, 1.82) is 0 Å². The smallest absolute Gasteiger partial charge is 0.239 e. The van der Waals surface area contributed by atoms with Crippen molar-refractivity contribution in [3.05, 3.63) is 0 Å². The van der Waals surface area contributed by atoms with Crippen LogP contribution >= 0.6 is 12.4 Å². The quantitative estimate of drug-likeness (QED) is 0.680. The Morgan fingerprint density at radius 3 is 2.84 bits per heavy atom. The number of rotatable bonds is 8. The molecule has 0 spiro atoms. The number of halogens is 1. The highest BCUT2D eigenvalue weighted by Crippen LogP contribution is 2.17. The average molecular weight is 295 g/mol. The number of carbonyl (C=O) groups excluding carboxylic acids is 1. The van der Waals surface area contributed by atoms with Crippen LogP contribution in [0.2, 0.25) is 0 Å². The van der Waals surface area contributed by atoms with Gasteiger partial charge in [0.2, 0.25) is 5.91 Å². The summed E-state index contributed by atoms with van der Waals surface area (Å²) in [5.41, 5.74) is 5.85. The Bertz CT molecular complexity index is 254. The van der Waals surface area contributed by atoms with Gasteiger partial charge in [0.25, 0.3) is 0 Å². The Hall–Kier alpha value is -0.360. The highest BCUT2D eigenvalue weighted by atomic mass is 35.5. The molecule has 1 heterocycles. The number of hydrogen-bond acceptors (Lipinski definition) is 4. The molecule has 114 valence electrons. The number of amides is 1. The molecular formula is C13H27ClN2O3. The van der Waals surface area contributed by atoms with E-state index in [1.807, 2.05) is 11.8 Å². The van der Waals surface area contributed by atoms with Crippen LogP contribution in [0.5, 0.6) is 0 Å². The molecule has 0 aromatic heterocycles. The second-order valence-electron chi connectivity index (χ2n) is 4.90. The Labute approximate surface area is 122 Å². The van der Waals surface area contributed by atoms with E-state index in [0.29, 0.717) is 25.7 Å². The van der Waals surface area contributed by atoms with Crippen LogP contribution in [0.25, 0.3) is 0 Å². The van der Waals surface area contributed by atoms with Crippen LogP contribution in [0.15, 0.2) is 0 Å². The van der Waals surface area contributed by atoms with Crippen LogP contribution in [0, 0.1) is 5.92 Å². The molecule has 1 aliphatic rings. The minimum atomic E-state index is -0.330. The zero-order valence-electron chi connectivity index (χ0n) is 12.0. The lowest BCUT2D eigenvalue weighted by atomic mass is 10.1. The normalized spacial score (nSPS) is 20.2.